The highest BCUT2D eigenvalue weighted by atomic mass is 79.9. The van der Waals surface area contributed by atoms with Crippen LogP contribution in [0.15, 0.2) is 28.7 Å². The number of aromatic carboxylic acids is 1. The molecule has 6 heteroatoms. The molecule has 2 rings (SSSR count). The van der Waals surface area contributed by atoms with E-state index in [0.29, 0.717) is 10.5 Å². The Balaban J connectivity index is 2.64. The summed E-state index contributed by atoms with van der Waals surface area (Å²) < 4.78 is 1.18. The quantitative estimate of drug-likeness (QED) is 0.746. The Bertz CT molecular complexity index is 603. The first-order valence-corrected chi connectivity index (χ1v) is 5.59. The minimum atomic E-state index is -1.04. The number of H-pyrrole nitrogens is 2. The van der Waals surface area contributed by atoms with E-state index in [2.05, 4.69) is 25.9 Å². The summed E-state index contributed by atoms with van der Waals surface area (Å²) in [7, 11) is 0. The van der Waals surface area contributed by atoms with E-state index in [-0.39, 0.29) is 5.69 Å². The van der Waals surface area contributed by atoms with Gasteiger partial charge in [-0.2, -0.15) is 0 Å². The van der Waals surface area contributed by atoms with Crippen molar-refractivity contribution in [2.24, 2.45) is 0 Å². The summed E-state index contributed by atoms with van der Waals surface area (Å²) in [6.45, 7) is 0. The number of aromatic amines is 2. The number of hydrogen-bond donors (Lipinski definition) is 3. The molecule has 82 valence electrons. The van der Waals surface area contributed by atoms with Crippen molar-refractivity contribution in [1.82, 2.24) is 9.97 Å². The number of benzene rings is 1. The van der Waals surface area contributed by atoms with E-state index in [1.807, 2.05) is 24.3 Å². The molecule has 0 amide bonds. The smallest absolute Gasteiger partial charge is 0.354 e. The predicted octanol–water partition coefficient (Wildman–Crippen LogP) is 3.20. The maximum Gasteiger partial charge on any atom is 0.354 e. The van der Waals surface area contributed by atoms with Crippen molar-refractivity contribution < 1.29 is 9.90 Å². The van der Waals surface area contributed by atoms with Crippen molar-refractivity contribution in [3.63, 3.8) is 0 Å². The van der Waals surface area contributed by atoms with Crippen LogP contribution < -0.4 is 0 Å². The third-order valence-corrected chi connectivity index (χ3v) is 2.75. The fourth-order valence-electron chi connectivity index (χ4n) is 1.40. The van der Waals surface area contributed by atoms with Gasteiger partial charge in [-0.15, -0.1) is 0 Å². The van der Waals surface area contributed by atoms with Crippen molar-refractivity contribution in [1.29, 1.82) is 0 Å². The Hall–Kier alpha value is -1.40. The summed E-state index contributed by atoms with van der Waals surface area (Å²) in [5.41, 5.74) is 1.32. The van der Waals surface area contributed by atoms with Crippen molar-refractivity contribution in [2.45, 2.75) is 0 Å². The van der Waals surface area contributed by atoms with Crippen LogP contribution in [0.5, 0.6) is 0 Å². The van der Waals surface area contributed by atoms with Crippen LogP contribution in [0.1, 0.15) is 10.5 Å². The SMILES string of the molecule is O=C(O)c1[nH]c(=S)[nH]c1-c1cccc(Br)c1. The van der Waals surface area contributed by atoms with E-state index in [0.717, 1.165) is 10.0 Å². The first-order chi connectivity index (χ1) is 7.58. The lowest BCUT2D eigenvalue weighted by atomic mass is 10.1. The third kappa shape index (κ3) is 2.07. The van der Waals surface area contributed by atoms with Gasteiger partial charge in [0.25, 0.3) is 0 Å². The lowest BCUT2D eigenvalue weighted by Gasteiger charge is -2.00. The Labute approximate surface area is 104 Å². The van der Waals surface area contributed by atoms with Crippen LogP contribution in [0.4, 0.5) is 0 Å². The molecule has 0 radical (unpaired) electrons. The normalized spacial score (nSPS) is 10.3. The number of halogens is 1. The van der Waals surface area contributed by atoms with Gasteiger partial charge in [-0.3, -0.25) is 0 Å². The minimum Gasteiger partial charge on any atom is -0.477 e. The molecule has 0 spiro atoms. The van der Waals surface area contributed by atoms with Gasteiger partial charge < -0.3 is 15.1 Å². The number of imidazole rings is 1. The molecule has 0 bridgehead atoms. The van der Waals surface area contributed by atoms with Crippen LogP contribution in [-0.2, 0) is 0 Å². The third-order valence-electron chi connectivity index (χ3n) is 2.05. The monoisotopic (exact) mass is 298 g/mol. The summed E-state index contributed by atoms with van der Waals surface area (Å²) in [4.78, 5) is 16.4. The van der Waals surface area contributed by atoms with Crippen molar-refractivity contribution in [2.75, 3.05) is 0 Å². The van der Waals surface area contributed by atoms with E-state index >= 15 is 0 Å². The molecular weight excluding hydrogens is 292 g/mol. The number of carbonyl (C=O) groups is 1. The molecule has 0 aliphatic carbocycles. The number of carboxylic acid groups (broad SMARTS) is 1. The fraction of sp³-hybridized carbons (Fsp3) is 0. The largest absolute Gasteiger partial charge is 0.477 e. The summed E-state index contributed by atoms with van der Waals surface area (Å²) >= 11 is 8.22. The predicted molar refractivity (Wildman–Crippen MR) is 66.1 cm³/mol. The van der Waals surface area contributed by atoms with E-state index in [9.17, 15) is 4.79 Å². The zero-order valence-electron chi connectivity index (χ0n) is 7.95. The molecule has 0 saturated heterocycles. The molecule has 0 fully saturated rings. The van der Waals surface area contributed by atoms with Gasteiger partial charge in [0.1, 0.15) is 0 Å². The van der Waals surface area contributed by atoms with Crippen LogP contribution in [0.2, 0.25) is 0 Å². The van der Waals surface area contributed by atoms with E-state index in [4.69, 9.17) is 17.3 Å². The average Bonchev–Trinajstić information content (AvgIpc) is 2.60. The molecule has 2 aromatic rings. The summed E-state index contributed by atoms with van der Waals surface area (Å²) in [6, 6.07) is 7.33. The number of rotatable bonds is 2. The molecule has 0 aliphatic heterocycles. The number of carboxylic acids is 1. The van der Waals surface area contributed by atoms with Gasteiger partial charge >= 0.3 is 5.97 Å². The summed E-state index contributed by atoms with van der Waals surface area (Å²) in [6.07, 6.45) is 0. The first kappa shape index (κ1) is 11.1. The Morgan fingerprint density at radius 3 is 2.75 bits per heavy atom. The standard InChI is InChI=1S/C10H7BrN2O2S/c11-6-3-1-2-5(4-6)7-8(9(14)15)13-10(16)12-7/h1-4H,(H,14,15)(H2,12,13,16). The number of hydrogen-bond acceptors (Lipinski definition) is 2. The second kappa shape index (κ2) is 4.23. The van der Waals surface area contributed by atoms with Gasteiger partial charge in [-0.05, 0) is 24.4 Å². The minimum absolute atomic E-state index is 0.0723. The topological polar surface area (TPSA) is 68.9 Å². The van der Waals surface area contributed by atoms with Gasteiger partial charge in [-0.1, -0.05) is 28.1 Å². The second-order valence-electron chi connectivity index (χ2n) is 3.14. The second-order valence-corrected chi connectivity index (χ2v) is 4.47. The summed E-state index contributed by atoms with van der Waals surface area (Å²) in [5, 5.41) is 9.00. The fourth-order valence-corrected chi connectivity index (χ4v) is 2.01. The molecule has 0 unspecified atom stereocenters. The van der Waals surface area contributed by atoms with E-state index in [1.165, 1.54) is 0 Å². The molecule has 1 aromatic carbocycles. The van der Waals surface area contributed by atoms with Crippen LogP contribution in [0.25, 0.3) is 11.3 Å². The molecule has 16 heavy (non-hydrogen) atoms. The van der Waals surface area contributed by atoms with Gasteiger partial charge in [0, 0.05) is 10.0 Å². The molecule has 1 aromatic heterocycles. The van der Waals surface area contributed by atoms with Crippen molar-refractivity contribution >= 4 is 34.1 Å². The lowest BCUT2D eigenvalue weighted by molar-refractivity contribution is 0.0692. The zero-order valence-corrected chi connectivity index (χ0v) is 10.4. The van der Waals surface area contributed by atoms with Crippen LogP contribution in [0, 0.1) is 4.77 Å². The van der Waals surface area contributed by atoms with E-state index < -0.39 is 5.97 Å². The Morgan fingerprint density at radius 1 is 1.38 bits per heavy atom. The van der Waals surface area contributed by atoms with Gasteiger partial charge in [-0.25, -0.2) is 4.79 Å². The molecule has 0 saturated carbocycles. The summed E-state index contributed by atoms with van der Waals surface area (Å²) in [5.74, 6) is -1.04. The zero-order chi connectivity index (χ0) is 11.7. The van der Waals surface area contributed by atoms with E-state index in [1.54, 1.807) is 0 Å². The molecule has 4 nitrogen and oxygen atoms in total. The van der Waals surface area contributed by atoms with Crippen LogP contribution in [0.3, 0.4) is 0 Å². The maximum absolute atomic E-state index is 11.0. The molecule has 0 atom stereocenters. The van der Waals surface area contributed by atoms with Crippen LogP contribution in [-0.4, -0.2) is 21.0 Å². The molecule has 1 heterocycles. The van der Waals surface area contributed by atoms with Crippen LogP contribution >= 0.6 is 28.1 Å². The number of aromatic nitrogens is 2. The van der Waals surface area contributed by atoms with Crippen molar-refractivity contribution in [3.05, 3.63) is 39.2 Å². The van der Waals surface area contributed by atoms with Gasteiger partial charge in [0.15, 0.2) is 10.5 Å². The Morgan fingerprint density at radius 2 is 2.12 bits per heavy atom. The average molecular weight is 299 g/mol. The highest BCUT2D eigenvalue weighted by Crippen LogP contribution is 2.23. The Kier molecular flexibility index (Phi) is 2.93. The molecule has 0 aliphatic rings. The highest BCUT2D eigenvalue weighted by molar-refractivity contribution is 9.10. The molecule has 3 N–H and O–H groups in total. The maximum atomic E-state index is 11.0. The first-order valence-electron chi connectivity index (χ1n) is 4.39. The lowest BCUT2D eigenvalue weighted by Crippen LogP contribution is -1.99. The highest BCUT2D eigenvalue weighted by Gasteiger charge is 2.14. The molecular formula is C10H7BrN2O2S. The van der Waals surface area contributed by atoms with Gasteiger partial charge in [0.2, 0.25) is 0 Å². The van der Waals surface area contributed by atoms with Crippen molar-refractivity contribution in [3.8, 4) is 11.3 Å². The van der Waals surface area contributed by atoms with Gasteiger partial charge in [0.05, 0.1) is 5.69 Å². The number of nitrogens with one attached hydrogen (secondary N) is 2.